The van der Waals surface area contributed by atoms with E-state index in [-0.39, 0.29) is 5.41 Å². The molecule has 49 heavy (non-hydrogen) atoms. The van der Waals surface area contributed by atoms with Crippen molar-refractivity contribution < 1.29 is 17.9 Å². The first-order valence-electron chi connectivity index (χ1n) is 15.9. The summed E-state index contributed by atoms with van der Waals surface area (Å²) in [5.41, 5.74) is 5.20. The van der Waals surface area contributed by atoms with Gasteiger partial charge in [-0.3, -0.25) is 8.42 Å². The minimum atomic E-state index is -2.75. The van der Waals surface area contributed by atoms with E-state index in [1.165, 1.54) is 11.1 Å². The lowest BCUT2D eigenvalue weighted by atomic mass is 9.78. The zero-order valence-corrected chi connectivity index (χ0v) is 29.9. The van der Waals surface area contributed by atoms with E-state index in [0.29, 0.717) is 31.1 Å². The largest absolute Gasteiger partial charge is 0.497 e. The summed E-state index contributed by atoms with van der Waals surface area (Å²) in [7, 11) is -3.69. The summed E-state index contributed by atoms with van der Waals surface area (Å²) >= 11 is 0. The average Bonchev–Trinajstić information content (AvgIpc) is 3.12. The fourth-order valence-electron chi connectivity index (χ4n) is 5.74. The van der Waals surface area contributed by atoms with E-state index in [4.69, 9.17) is 9.47 Å². The second kappa shape index (κ2) is 13.5. The first-order chi connectivity index (χ1) is 23.4. The van der Waals surface area contributed by atoms with Crippen LogP contribution < -0.4 is 9.47 Å². The summed E-state index contributed by atoms with van der Waals surface area (Å²) in [4.78, 5) is 2.64. The zero-order chi connectivity index (χ0) is 34.8. The highest BCUT2D eigenvalue weighted by atomic mass is 32.2. The first-order valence-corrected chi connectivity index (χ1v) is 19.4. The van der Waals surface area contributed by atoms with Crippen LogP contribution in [0.4, 0.5) is 0 Å². The van der Waals surface area contributed by atoms with Crippen molar-refractivity contribution >= 4 is 30.8 Å². The predicted molar refractivity (Wildman–Crippen MR) is 205 cm³/mol. The van der Waals surface area contributed by atoms with Crippen LogP contribution >= 0.6 is 0 Å². The maximum Gasteiger partial charge on any atom is 0.127 e. The van der Waals surface area contributed by atoms with Gasteiger partial charge in [-0.25, -0.2) is 0 Å². The minimum absolute atomic E-state index is 0.191. The first kappa shape index (κ1) is 33.8. The Morgan fingerprint density at radius 2 is 0.776 bits per heavy atom. The second-order valence-electron chi connectivity index (χ2n) is 12.7. The van der Waals surface area contributed by atoms with Crippen molar-refractivity contribution in [2.75, 3.05) is 7.11 Å². The lowest BCUT2D eigenvalue weighted by Gasteiger charge is -2.26. The van der Waals surface area contributed by atoms with Gasteiger partial charge in [0, 0.05) is 44.0 Å². The van der Waals surface area contributed by atoms with Gasteiger partial charge in [-0.15, -0.1) is 0 Å². The van der Waals surface area contributed by atoms with Crippen LogP contribution in [-0.4, -0.2) is 27.3 Å². The minimum Gasteiger partial charge on any atom is -0.497 e. The molecule has 0 N–H and O–H groups in total. The maximum absolute atomic E-state index is 13.9. The molecule has 248 valence electrons. The molecule has 6 aromatic rings. The van der Waals surface area contributed by atoms with Crippen LogP contribution in [-0.2, 0) is 24.5 Å². The molecule has 0 radical (unpaired) electrons. The predicted octanol–water partition coefficient (Wildman–Crippen LogP) is 10.1. The molecule has 0 aliphatic carbocycles. The number of methoxy groups -OCH3 is 1. The SMILES string of the molecule is C=S(=O)(c1ccc(C)cc1)c1ccc(-c2ccc(S(=C)(=O)c3ccc(Oc4ccc(C(C)(C)c5ccc(OC)cc5)cc4)cc3)cc2)cc1. The van der Waals surface area contributed by atoms with Gasteiger partial charge in [0.1, 0.15) is 17.2 Å². The van der Waals surface area contributed by atoms with Gasteiger partial charge in [0.05, 0.1) is 7.11 Å². The third-order valence-corrected chi connectivity index (χ3v) is 13.2. The van der Waals surface area contributed by atoms with Crippen LogP contribution in [0, 0.1) is 6.92 Å². The standard InChI is InChI=1S/C43H40O4S2/c1-31-7-23-39(24-8-31)48(5,44)40-25-9-32(10-26-40)33-11-27-41(28-12-33)49(6,45)42-29-21-38(22-30-42)47-37-19-15-35(16-20-37)43(2,3)34-13-17-36(46-4)18-14-34/h7-30H,5-6H2,1-4H3. The molecule has 0 fully saturated rings. The molecule has 6 heteroatoms. The summed E-state index contributed by atoms with van der Waals surface area (Å²) < 4.78 is 38.8. The number of rotatable bonds is 10. The normalized spacial score (nSPS) is 14.0. The highest BCUT2D eigenvalue weighted by Crippen LogP contribution is 2.35. The lowest BCUT2D eigenvalue weighted by molar-refractivity contribution is 0.414. The van der Waals surface area contributed by atoms with E-state index in [0.717, 1.165) is 22.4 Å². The highest BCUT2D eigenvalue weighted by molar-refractivity contribution is 8.00. The second-order valence-corrected chi connectivity index (χ2v) is 17.3. The van der Waals surface area contributed by atoms with Gasteiger partial charge in [-0.05, 0) is 126 Å². The summed E-state index contributed by atoms with van der Waals surface area (Å²) in [6, 6.07) is 46.4. The van der Waals surface area contributed by atoms with Crippen molar-refractivity contribution in [3.63, 3.8) is 0 Å². The van der Waals surface area contributed by atoms with Crippen molar-refractivity contribution in [3.8, 4) is 28.4 Å². The molecule has 0 aliphatic heterocycles. The fraction of sp³-hybridized carbons (Fsp3) is 0.116. The number of hydrogen-bond donors (Lipinski definition) is 0. The average molecular weight is 685 g/mol. The number of hydrogen-bond acceptors (Lipinski definition) is 4. The summed E-state index contributed by atoms with van der Waals surface area (Å²) in [5.74, 6) is 10.3. The smallest absolute Gasteiger partial charge is 0.127 e. The third kappa shape index (κ3) is 7.07. The molecule has 0 saturated carbocycles. The van der Waals surface area contributed by atoms with Crippen LogP contribution in [0.1, 0.15) is 30.5 Å². The van der Waals surface area contributed by atoms with Crippen LogP contribution in [0.15, 0.2) is 165 Å². The maximum atomic E-state index is 13.9. The van der Waals surface area contributed by atoms with Gasteiger partial charge < -0.3 is 9.47 Å². The highest BCUT2D eigenvalue weighted by Gasteiger charge is 2.23. The van der Waals surface area contributed by atoms with Crippen molar-refractivity contribution in [2.24, 2.45) is 0 Å². The van der Waals surface area contributed by atoms with Crippen molar-refractivity contribution in [1.82, 2.24) is 0 Å². The number of ether oxygens (including phenoxy) is 2. The Morgan fingerprint density at radius 3 is 1.14 bits per heavy atom. The Balaban J connectivity index is 1.12. The molecule has 4 nitrogen and oxygen atoms in total. The van der Waals surface area contributed by atoms with Crippen LogP contribution in [0.25, 0.3) is 11.1 Å². The zero-order valence-electron chi connectivity index (χ0n) is 28.2. The summed E-state index contributed by atoms with van der Waals surface area (Å²) in [5, 5.41) is 0. The van der Waals surface area contributed by atoms with Gasteiger partial charge in [-0.1, -0.05) is 80.1 Å². The Labute approximate surface area is 291 Å². The Morgan fingerprint density at radius 1 is 0.469 bits per heavy atom. The van der Waals surface area contributed by atoms with Crippen molar-refractivity contribution in [2.45, 2.75) is 45.8 Å². The molecule has 6 aromatic carbocycles. The van der Waals surface area contributed by atoms with Gasteiger partial charge in [0.25, 0.3) is 0 Å². The van der Waals surface area contributed by atoms with E-state index in [2.05, 4.69) is 49.9 Å². The van der Waals surface area contributed by atoms with Crippen LogP contribution in [0.3, 0.4) is 0 Å². The van der Waals surface area contributed by atoms with Crippen LogP contribution in [0.2, 0.25) is 0 Å². The van der Waals surface area contributed by atoms with Gasteiger partial charge in [0.15, 0.2) is 0 Å². The summed E-state index contributed by atoms with van der Waals surface area (Å²) in [6.45, 7) is 6.39. The number of aryl methyl sites for hydroxylation is 1. The molecule has 0 aliphatic rings. The van der Waals surface area contributed by atoms with Crippen molar-refractivity contribution in [1.29, 1.82) is 0 Å². The van der Waals surface area contributed by atoms with E-state index < -0.39 is 19.0 Å². The molecule has 2 unspecified atom stereocenters. The van der Waals surface area contributed by atoms with E-state index in [9.17, 15) is 8.42 Å². The molecule has 6 rings (SSSR count). The third-order valence-electron chi connectivity index (χ3n) is 9.03. The van der Waals surface area contributed by atoms with Gasteiger partial charge >= 0.3 is 0 Å². The Bertz CT molecular complexity index is 2270. The topological polar surface area (TPSA) is 52.6 Å². The Kier molecular flexibility index (Phi) is 9.30. The molecule has 0 bridgehead atoms. The molecule has 0 heterocycles. The monoisotopic (exact) mass is 684 g/mol. The van der Waals surface area contributed by atoms with Crippen molar-refractivity contribution in [3.05, 3.63) is 162 Å². The lowest BCUT2D eigenvalue weighted by Crippen LogP contribution is -2.18. The molecular weight excluding hydrogens is 645 g/mol. The van der Waals surface area contributed by atoms with E-state index >= 15 is 0 Å². The van der Waals surface area contributed by atoms with E-state index in [1.54, 1.807) is 7.11 Å². The number of benzene rings is 6. The Hall–Kier alpha value is -5.04. The molecule has 2 atom stereocenters. The summed E-state index contributed by atoms with van der Waals surface area (Å²) in [6.07, 6.45) is 0. The molecule has 0 amide bonds. The molecular formula is C43H40O4S2. The quantitative estimate of drug-likeness (QED) is 0.135. The van der Waals surface area contributed by atoms with Gasteiger partial charge in [0.2, 0.25) is 0 Å². The van der Waals surface area contributed by atoms with E-state index in [1.807, 2.05) is 128 Å². The molecule has 0 aromatic heterocycles. The van der Waals surface area contributed by atoms with Gasteiger partial charge in [-0.2, -0.15) is 0 Å². The van der Waals surface area contributed by atoms with Crippen LogP contribution in [0.5, 0.6) is 17.2 Å². The fourth-order valence-corrected chi connectivity index (χ4v) is 8.59. The molecule has 0 spiro atoms. The molecule has 0 saturated heterocycles.